The first kappa shape index (κ1) is 18.8. The fourth-order valence-electron chi connectivity index (χ4n) is 2.24. The lowest BCUT2D eigenvalue weighted by Gasteiger charge is -2.12. The van der Waals surface area contributed by atoms with Crippen LogP contribution in [-0.2, 0) is 6.18 Å². The number of imide groups is 1. The summed E-state index contributed by atoms with van der Waals surface area (Å²) in [7, 11) is 0. The molecule has 0 aromatic heterocycles. The Balaban J connectivity index is 1.72. The summed E-state index contributed by atoms with van der Waals surface area (Å²) >= 11 is 5.94. The molecule has 1 heterocycles. The molecule has 0 bridgehead atoms. The third kappa shape index (κ3) is 4.05. The molecule has 0 radical (unpaired) electrons. The Hall–Kier alpha value is -3.01. The first-order valence-corrected chi connectivity index (χ1v) is 7.61. The molecule has 2 aromatic carbocycles. The number of carbonyl (C=O) groups is 2. The van der Waals surface area contributed by atoms with E-state index in [1.54, 1.807) is 0 Å². The molecule has 0 unspecified atom stereocenters. The van der Waals surface area contributed by atoms with Crippen molar-refractivity contribution in [2.75, 3.05) is 12.1 Å². The van der Waals surface area contributed by atoms with Crippen LogP contribution < -0.4 is 20.1 Å². The van der Waals surface area contributed by atoms with Gasteiger partial charge in [-0.3, -0.25) is 10.1 Å². The number of hydrogen-bond acceptors (Lipinski definition) is 4. The lowest BCUT2D eigenvalue weighted by Crippen LogP contribution is -2.34. The molecule has 2 N–H and O–H groups in total. The van der Waals surface area contributed by atoms with Gasteiger partial charge in [0.2, 0.25) is 6.79 Å². The monoisotopic (exact) mass is 404 g/mol. The number of urea groups is 1. The minimum Gasteiger partial charge on any atom is -0.454 e. The van der Waals surface area contributed by atoms with Gasteiger partial charge in [0.15, 0.2) is 11.5 Å². The van der Waals surface area contributed by atoms with Gasteiger partial charge in [-0.15, -0.1) is 0 Å². The molecule has 1 aliphatic rings. The maximum Gasteiger partial charge on any atom is 0.419 e. The van der Waals surface area contributed by atoms with Gasteiger partial charge >= 0.3 is 12.2 Å². The Labute approximate surface area is 154 Å². The number of nitrogens with one attached hydrogen (secondary N) is 2. The highest BCUT2D eigenvalue weighted by atomic mass is 35.5. The number of alkyl halides is 3. The molecule has 0 saturated carbocycles. The molecule has 11 heteroatoms. The van der Waals surface area contributed by atoms with Crippen LogP contribution in [0.3, 0.4) is 0 Å². The minimum atomic E-state index is -4.94. The van der Waals surface area contributed by atoms with Crippen molar-refractivity contribution in [1.29, 1.82) is 0 Å². The van der Waals surface area contributed by atoms with Gasteiger partial charge in [0.25, 0.3) is 5.91 Å². The summed E-state index contributed by atoms with van der Waals surface area (Å²) < 4.78 is 61.5. The van der Waals surface area contributed by atoms with E-state index in [9.17, 15) is 27.2 Å². The van der Waals surface area contributed by atoms with Crippen molar-refractivity contribution in [1.82, 2.24) is 5.32 Å². The molecule has 1 aliphatic heterocycles. The van der Waals surface area contributed by atoms with Gasteiger partial charge in [-0.25, -0.2) is 9.18 Å². The van der Waals surface area contributed by atoms with Crippen LogP contribution in [0.15, 0.2) is 30.3 Å². The molecule has 0 aliphatic carbocycles. The molecule has 0 saturated heterocycles. The number of benzene rings is 2. The molecule has 3 rings (SSSR count). The van der Waals surface area contributed by atoms with Crippen LogP contribution in [0, 0.1) is 5.82 Å². The van der Waals surface area contributed by atoms with Gasteiger partial charge in [0.1, 0.15) is 5.82 Å². The predicted molar refractivity (Wildman–Crippen MR) is 85.5 cm³/mol. The lowest BCUT2D eigenvalue weighted by molar-refractivity contribution is -0.139. The molecule has 27 heavy (non-hydrogen) atoms. The average molecular weight is 405 g/mol. The number of anilines is 1. The SMILES string of the molecule is O=C(NC(=O)c1cc2c(cc1Cl)OCO2)Nc1ccc(F)c(C(F)(F)F)c1. The van der Waals surface area contributed by atoms with Gasteiger partial charge in [-0.2, -0.15) is 13.2 Å². The van der Waals surface area contributed by atoms with Gasteiger partial charge in [0, 0.05) is 11.8 Å². The van der Waals surface area contributed by atoms with Crippen molar-refractivity contribution in [2.24, 2.45) is 0 Å². The average Bonchev–Trinajstić information content (AvgIpc) is 3.01. The molecule has 2 aromatic rings. The maximum atomic E-state index is 13.2. The van der Waals surface area contributed by atoms with Crippen LogP contribution >= 0.6 is 11.6 Å². The van der Waals surface area contributed by atoms with Gasteiger partial charge in [-0.1, -0.05) is 11.6 Å². The zero-order valence-electron chi connectivity index (χ0n) is 13.1. The third-order valence-electron chi connectivity index (χ3n) is 3.46. The van der Waals surface area contributed by atoms with Crippen molar-refractivity contribution in [3.63, 3.8) is 0 Å². The second-order valence-electron chi connectivity index (χ2n) is 5.29. The summed E-state index contributed by atoms with van der Waals surface area (Å²) in [5, 5.41) is 3.90. The molecular formula is C16H9ClF4N2O4. The smallest absolute Gasteiger partial charge is 0.419 e. The fraction of sp³-hybridized carbons (Fsp3) is 0.125. The molecule has 0 spiro atoms. The first-order valence-electron chi connectivity index (χ1n) is 7.23. The molecule has 0 fully saturated rings. The van der Waals surface area contributed by atoms with E-state index < -0.39 is 29.5 Å². The van der Waals surface area contributed by atoms with Gasteiger partial charge in [0.05, 0.1) is 16.1 Å². The van der Waals surface area contributed by atoms with E-state index in [0.29, 0.717) is 17.9 Å². The summed E-state index contributed by atoms with van der Waals surface area (Å²) in [4.78, 5) is 24.0. The maximum absolute atomic E-state index is 13.2. The normalized spacial score (nSPS) is 12.6. The van der Waals surface area contributed by atoms with E-state index in [1.807, 2.05) is 10.6 Å². The lowest BCUT2D eigenvalue weighted by atomic mass is 10.1. The zero-order chi connectivity index (χ0) is 19.8. The van der Waals surface area contributed by atoms with Crippen molar-refractivity contribution in [3.05, 3.63) is 52.3 Å². The Morgan fingerprint density at radius 1 is 1.07 bits per heavy atom. The fourth-order valence-corrected chi connectivity index (χ4v) is 2.48. The topological polar surface area (TPSA) is 76.7 Å². The van der Waals surface area contributed by atoms with Crippen LogP contribution in [0.5, 0.6) is 11.5 Å². The van der Waals surface area contributed by atoms with Crippen molar-refractivity contribution < 1.29 is 36.6 Å². The second kappa shape index (κ2) is 6.95. The summed E-state index contributed by atoms with van der Waals surface area (Å²) in [5.41, 5.74) is -2.01. The number of rotatable bonds is 2. The van der Waals surface area contributed by atoms with Gasteiger partial charge < -0.3 is 14.8 Å². The quantitative estimate of drug-likeness (QED) is 0.736. The number of carbonyl (C=O) groups excluding carboxylic acids is 2. The first-order chi connectivity index (χ1) is 12.6. The number of fused-ring (bicyclic) bond motifs is 1. The number of amides is 3. The van der Waals surface area contributed by atoms with Crippen LogP contribution in [0.2, 0.25) is 5.02 Å². The van der Waals surface area contributed by atoms with E-state index in [0.717, 1.165) is 6.07 Å². The Morgan fingerprint density at radius 3 is 2.41 bits per heavy atom. The molecule has 3 amide bonds. The van der Waals surface area contributed by atoms with Crippen LogP contribution in [0.25, 0.3) is 0 Å². The zero-order valence-corrected chi connectivity index (χ0v) is 13.9. The largest absolute Gasteiger partial charge is 0.454 e. The molecule has 142 valence electrons. The highest BCUT2D eigenvalue weighted by molar-refractivity contribution is 6.34. The Morgan fingerprint density at radius 2 is 1.74 bits per heavy atom. The summed E-state index contributed by atoms with van der Waals surface area (Å²) in [6, 6.07) is 3.33. The molecular weight excluding hydrogens is 396 g/mol. The number of hydrogen-bond donors (Lipinski definition) is 2. The molecule has 6 nitrogen and oxygen atoms in total. The van der Waals surface area contributed by atoms with Crippen LogP contribution in [-0.4, -0.2) is 18.7 Å². The second-order valence-corrected chi connectivity index (χ2v) is 5.69. The number of halogens is 5. The Kier molecular flexibility index (Phi) is 4.83. The summed E-state index contributed by atoms with van der Waals surface area (Å²) in [6.45, 7) is -0.0523. The minimum absolute atomic E-state index is 0.0225. The number of ether oxygens (including phenoxy) is 2. The standard InChI is InChI=1S/C16H9ClF4N2O4/c17-10-5-13-12(26-6-27-13)4-8(10)14(24)23-15(25)22-7-1-2-11(18)9(3-7)16(19,20)21/h1-5H,6H2,(H2,22,23,24,25). The molecule has 0 atom stereocenters. The van der Waals surface area contributed by atoms with E-state index in [1.165, 1.54) is 12.1 Å². The third-order valence-corrected chi connectivity index (χ3v) is 3.78. The van der Waals surface area contributed by atoms with E-state index >= 15 is 0 Å². The van der Waals surface area contributed by atoms with E-state index in [4.69, 9.17) is 21.1 Å². The van der Waals surface area contributed by atoms with Crippen LogP contribution in [0.1, 0.15) is 15.9 Å². The summed E-state index contributed by atoms with van der Waals surface area (Å²) in [6.07, 6.45) is -4.94. The predicted octanol–water partition coefficient (Wildman–Crippen LogP) is 4.19. The van der Waals surface area contributed by atoms with Crippen molar-refractivity contribution in [3.8, 4) is 11.5 Å². The van der Waals surface area contributed by atoms with Gasteiger partial charge in [-0.05, 0) is 24.3 Å². The Bertz CT molecular complexity index is 933. The van der Waals surface area contributed by atoms with E-state index in [2.05, 4.69) is 0 Å². The highest BCUT2D eigenvalue weighted by Crippen LogP contribution is 2.37. The van der Waals surface area contributed by atoms with E-state index in [-0.39, 0.29) is 28.8 Å². The summed E-state index contributed by atoms with van der Waals surface area (Å²) in [5.74, 6) is -1.84. The highest BCUT2D eigenvalue weighted by Gasteiger charge is 2.34. The van der Waals surface area contributed by atoms with Crippen molar-refractivity contribution >= 4 is 29.2 Å². The van der Waals surface area contributed by atoms with Crippen LogP contribution in [0.4, 0.5) is 28.0 Å². The van der Waals surface area contributed by atoms with Crippen molar-refractivity contribution in [2.45, 2.75) is 6.18 Å².